The van der Waals surface area contributed by atoms with Gasteiger partial charge in [0.05, 0.1) is 23.0 Å². The maximum absolute atomic E-state index is 12.5. The van der Waals surface area contributed by atoms with Crippen molar-refractivity contribution in [2.24, 2.45) is 5.92 Å². The summed E-state index contributed by atoms with van der Waals surface area (Å²) in [6.07, 6.45) is 1.78. The second-order valence-corrected chi connectivity index (χ2v) is 11.1. The molecule has 37 heavy (non-hydrogen) atoms. The van der Waals surface area contributed by atoms with Crippen LogP contribution in [0.2, 0.25) is 0 Å². The van der Waals surface area contributed by atoms with E-state index in [0.29, 0.717) is 29.4 Å². The van der Waals surface area contributed by atoms with Gasteiger partial charge in [-0.1, -0.05) is 19.1 Å². The van der Waals surface area contributed by atoms with Crippen LogP contribution in [0, 0.1) is 5.92 Å². The van der Waals surface area contributed by atoms with Gasteiger partial charge in [0.2, 0.25) is 0 Å². The molecule has 204 valence electrons. The molecule has 2 aromatic carbocycles. The molecule has 1 atom stereocenters. The highest BCUT2D eigenvalue weighted by Gasteiger charge is 2.24. The Labute approximate surface area is 221 Å². The van der Waals surface area contributed by atoms with Gasteiger partial charge in [0.1, 0.15) is 17.0 Å². The van der Waals surface area contributed by atoms with Crippen molar-refractivity contribution in [1.82, 2.24) is 0 Å². The van der Waals surface area contributed by atoms with Gasteiger partial charge in [-0.3, -0.25) is 9.69 Å². The number of ether oxygens (including phenoxy) is 3. The number of hydrogen-bond donors (Lipinski definition) is 2. The van der Waals surface area contributed by atoms with E-state index in [9.17, 15) is 9.59 Å². The molecule has 0 spiro atoms. The number of nitrogen functional groups attached to an aromatic ring is 1. The molecule has 1 unspecified atom stereocenters. The topological polar surface area (TPSA) is 103 Å². The molecule has 2 rings (SSSR count). The number of benzene rings is 2. The lowest BCUT2D eigenvalue weighted by Gasteiger charge is -2.25. The summed E-state index contributed by atoms with van der Waals surface area (Å²) in [6.45, 7) is 13.8. The summed E-state index contributed by atoms with van der Waals surface area (Å²) in [5, 5.41) is 3.41. The monoisotopic (exact) mass is 513 g/mol. The first kappa shape index (κ1) is 29.8. The Morgan fingerprint density at radius 1 is 1.00 bits per heavy atom. The number of nitrogens with one attached hydrogen (secondary N) is 1. The van der Waals surface area contributed by atoms with Crippen molar-refractivity contribution < 1.29 is 23.8 Å². The molecule has 0 aromatic heterocycles. The highest BCUT2D eigenvalue weighted by molar-refractivity contribution is 5.91. The highest BCUT2D eigenvalue weighted by Crippen LogP contribution is 2.34. The summed E-state index contributed by atoms with van der Waals surface area (Å²) in [6, 6.07) is 12.8. The summed E-state index contributed by atoms with van der Waals surface area (Å²) in [4.78, 5) is 26.3. The zero-order valence-corrected chi connectivity index (χ0v) is 23.5. The fraction of sp³-hybridized carbons (Fsp3) is 0.517. The van der Waals surface area contributed by atoms with Crippen LogP contribution in [-0.4, -0.2) is 36.9 Å². The predicted molar refractivity (Wildman–Crippen MR) is 149 cm³/mol. The average molecular weight is 514 g/mol. The van der Waals surface area contributed by atoms with Crippen molar-refractivity contribution in [2.45, 2.75) is 78.9 Å². The summed E-state index contributed by atoms with van der Waals surface area (Å²) in [5.41, 5.74) is 6.78. The van der Waals surface area contributed by atoms with E-state index in [2.05, 4.69) is 5.32 Å². The maximum atomic E-state index is 12.5. The molecule has 0 aliphatic heterocycles. The molecular weight excluding hydrogens is 470 g/mol. The number of hydrogen-bond acceptors (Lipinski definition) is 7. The number of carbonyl (C=O) groups excluding carboxylic acids is 2. The molecule has 3 N–H and O–H groups in total. The SMILES string of the molecule is CCC(CCCNc1ccccc1Oc1ccc(N)c(N(C)C(=O)OC(C)(C)C)c1)C(=O)OC(C)(C)C. The molecule has 2 aromatic rings. The van der Waals surface area contributed by atoms with E-state index in [1.807, 2.05) is 72.7 Å². The molecule has 8 nitrogen and oxygen atoms in total. The largest absolute Gasteiger partial charge is 0.460 e. The summed E-state index contributed by atoms with van der Waals surface area (Å²) in [7, 11) is 1.61. The van der Waals surface area contributed by atoms with Gasteiger partial charge in [-0.15, -0.1) is 0 Å². The van der Waals surface area contributed by atoms with Crippen LogP contribution >= 0.6 is 0 Å². The van der Waals surface area contributed by atoms with E-state index in [1.54, 1.807) is 25.2 Å². The van der Waals surface area contributed by atoms with Gasteiger partial charge in [0, 0.05) is 19.7 Å². The Kier molecular flexibility index (Phi) is 10.2. The van der Waals surface area contributed by atoms with Crippen LogP contribution in [0.4, 0.5) is 21.9 Å². The normalized spacial score (nSPS) is 12.4. The third-order valence-corrected chi connectivity index (χ3v) is 5.42. The molecule has 0 fully saturated rings. The minimum Gasteiger partial charge on any atom is -0.460 e. The van der Waals surface area contributed by atoms with E-state index < -0.39 is 17.3 Å². The first-order chi connectivity index (χ1) is 17.2. The fourth-order valence-electron chi connectivity index (χ4n) is 3.58. The number of esters is 1. The number of para-hydroxylation sites is 2. The van der Waals surface area contributed by atoms with Crippen molar-refractivity contribution in [3.8, 4) is 11.5 Å². The third kappa shape index (κ3) is 9.86. The van der Waals surface area contributed by atoms with Crippen LogP contribution in [0.1, 0.15) is 67.7 Å². The van der Waals surface area contributed by atoms with Crippen molar-refractivity contribution in [2.75, 3.05) is 29.5 Å². The Bertz CT molecular complexity index is 1060. The van der Waals surface area contributed by atoms with Crippen molar-refractivity contribution in [1.29, 1.82) is 0 Å². The van der Waals surface area contributed by atoms with Gasteiger partial charge < -0.3 is 25.3 Å². The lowest BCUT2D eigenvalue weighted by molar-refractivity contribution is -0.160. The van der Waals surface area contributed by atoms with Crippen molar-refractivity contribution >= 4 is 29.1 Å². The van der Waals surface area contributed by atoms with Crippen molar-refractivity contribution in [3.63, 3.8) is 0 Å². The minimum atomic E-state index is -0.622. The van der Waals surface area contributed by atoms with Gasteiger partial charge >= 0.3 is 12.1 Å². The molecule has 8 heteroatoms. The number of carbonyl (C=O) groups is 2. The second kappa shape index (κ2) is 12.7. The Morgan fingerprint density at radius 3 is 2.27 bits per heavy atom. The van der Waals surface area contributed by atoms with Gasteiger partial charge in [-0.2, -0.15) is 0 Å². The van der Waals surface area contributed by atoms with Gasteiger partial charge in [-0.05, 0) is 85.1 Å². The maximum Gasteiger partial charge on any atom is 0.414 e. The Balaban J connectivity index is 2.05. The number of amides is 1. The van der Waals surface area contributed by atoms with Crippen LogP contribution in [-0.2, 0) is 14.3 Å². The number of anilines is 3. The number of nitrogens with two attached hydrogens (primary N) is 1. The molecule has 0 bridgehead atoms. The Morgan fingerprint density at radius 2 is 1.65 bits per heavy atom. The molecule has 0 radical (unpaired) electrons. The number of nitrogens with zero attached hydrogens (tertiary/aromatic N) is 1. The highest BCUT2D eigenvalue weighted by atomic mass is 16.6. The van der Waals surface area contributed by atoms with Crippen LogP contribution in [0.15, 0.2) is 42.5 Å². The molecule has 0 aliphatic rings. The lowest BCUT2D eigenvalue weighted by atomic mass is 10.00. The first-order valence-corrected chi connectivity index (χ1v) is 12.8. The molecule has 0 aliphatic carbocycles. The standard InChI is InChI=1S/C29H43N3O5/c1-9-20(26(33)36-28(2,3)4)13-12-18-31-23-14-10-11-15-25(23)35-21-16-17-22(30)24(19-21)32(8)27(34)37-29(5,6)7/h10-11,14-17,19-20,31H,9,12-13,18,30H2,1-8H3. The van der Waals surface area contributed by atoms with E-state index in [4.69, 9.17) is 19.9 Å². The summed E-state index contributed by atoms with van der Waals surface area (Å²) in [5.74, 6) is 0.902. The second-order valence-electron chi connectivity index (χ2n) is 11.1. The zero-order chi connectivity index (χ0) is 27.8. The summed E-state index contributed by atoms with van der Waals surface area (Å²) < 4.78 is 17.2. The van der Waals surface area contributed by atoms with Crippen LogP contribution in [0.5, 0.6) is 11.5 Å². The number of rotatable bonds is 10. The fourth-order valence-corrected chi connectivity index (χ4v) is 3.58. The third-order valence-electron chi connectivity index (χ3n) is 5.42. The van der Waals surface area contributed by atoms with Gasteiger partial charge in [-0.25, -0.2) is 4.79 Å². The van der Waals surface area contributed by atoms with Crippen LogP contribution < -0.4 is 20.7 Å². The Hall–Kier alpha value is -3.42. The van der Waals surface area contributed by atoms with E-state index in [1.165, 1.54) is 4.90 Å². The zero-order valence-electron chi connectivity index (χ0n) is 23.5. The molecular formula is C29H43N3O5. The summed E-state index contributed by atoms with van der Waals surface area (Å²) >= 11 is 0. The van der Waals surface area contributed by atoms with E-state index in [-0.39, 0.29) is 11.9 Å². The minimum absolute atomic E-state index is 0.123. The predicted octanol–water partition coefficient (Wildman–Crippen LogP) is 6.99. The molecule has 1 amide bonds. The quantitative estimate of drug-likeness (QED) is 0.200. The van der Waals surface area contributed by atoms with Crippen LogP contribution in [0.3, 0.4) is 0 Å². The van der Waals surface area contributed by atoms with Crippen LogP contribution in [0.25, 0.3) is 0 Å². The van der Waals surface area contributed by atoms with E-state index in [0.717, 1.165) is 24.9 Å². The first-order valence-electron chi connectivity index (χ1n) is 12.8. The average Bonchev–Trinajstić information content (AvgIpc) is 2.78. The lowest BCUT2D eigenvalue weighted by Crippen LogP contribution is -2.34. The smallest absolute Gasteiger partial charge is 0.414 e. The molecule has 0 heterocycles. The van der Waals surface area contributed by atoms with Gasteiger partial charge in [0.25, 0.3) is 0 Å². The molecule has 0 saturated heterocycles. The molecule has 0 saturated carbocycles. The van der Waals surface area contributed by atoms with Crippen molar-refractivity contribution in [3.05, 3.63) is 42.5 Å². The van der Waals surface area contributed by atoms with E-state index >= 15 is 0 Å². The van der Waals surface area contributed by atoms with Gasteiger partial charge in [0.15, 0.2) is 5.75 Å².